The topological polar surface area (TPSA) is 95.7 Å². The first kappa shape index (κ1) is 18.3. The molecule has 0 unspecified atom stereocenters. The van der Waals surface area contributed by atoms with Crippen LogP contribution in [0.3, 0.4) is 0 Å². The van der Waals surface area contributed by atoms with Crippen LogP contribution in [0.15, 0.2) is 47.4 Å². The minimum atomic E-state index is -3.93. The van der Waals surface area contributed by atoms with Gasteiger partial charge in [-0.3, -0.25) is 0 Å². The summed E-state index contributed by atoms with van der Waals surface area (Å²) in [5, 5.41) is 5.11. The quantitative estimate of drug-likeness (QED) is 0.623. The van der Waals surface area contributed by atoms with Crippen molar-refractivity contribution in [3.05, 3.63) is 58.6 Å². The van der Waals surface area contributed by atoms with Crippen LogP contribution in [0.4, 0.5) is 0 Å². The molecular formula is C16H16ClNO5S. The number of carbonyl (C=O) groups excluding carboxylic acids is 1. The van der Waals surface area contributed by atoms with Crippen molar-refractivity contribution >= 4 is 27.6 Å². The average Bonchev–Trinajstić information content (AvgIpc) is 2.52. The Hall–Kier alpha value is -2.09. The lowest BCUT2D eigenvalue weighted by molar-refractivity contribution is 0.0450. The van der Waals surface area contributed by atoms with E-state index in [-0.39, 0.29) is 28.7 Å². The lowest BCUT2D eigenvalue weighted by Crippen LogP contribution is -2.15. The molecule has 0 saturated carbocycles. The van der Waals surface area contributed by atoms with Crippen molar-refractivity contribution in [2.45, 2.75) is 11.8 Å². The predicted molar refractivity (Wildman–Crippen MR) is 89.8 cm³/mol. The summed E-state index contributed by atoms with van der Waals surface area (Å²) in [6, 6.07) is 11.0. The Kier molecular flexibility index (Phi) is 5.82. The van der Waals surface area contributed by atoms with E-state index in [4.69, 9.17) is 26.2 Å². The summed E-state index contributed by atoms with van der Waals surface area (Å²) in [5.41, 5.74) is 0.895. The van der Waals surface area contributed by atoms with Crippen LogP contribution in [-0.4, -0.2) is 27.6 Å². The molecule has 2 aromatic carbocycles. The molecule has 0 aromatic heterocycles. The number of hydrogen-bond donors (Lipinski definition) is 1. The van der Waals surface area contributed by atoms with E-state index in [1.807, 2.05) is 31.2 Å². The van der Waals surface area contributed by atoms with Crippen LogP contribution in [0, 0.1) is 6.92 Å². The highest BCUT2D eigenvalue weighted by Crippen LogP contribution is 2.21. The number of benzene rings is 2. The summed E-state index contributed by atoms with van der Waals surface area (Å²) in [7, 11) is -3.93. The van der Waals surface area contributed by atoms with Gasteiger partial charge in [-0.05, 0) is 36.8 Å². The average molecular weight is 370 g/mol. The zero-order chi connectivity index (χ0) is 17.7. The van der Waals surface area contributed by atoms with E-state index in [1.54, 1.807) is 0 Å². The van der Waals surface area contributed by atoms with Gasteiger partial charge in [0.1, 0.15) is 19.0 Å². The maximum atomic E-state index is 12.0. The Morgan fingerprint density at radius 1 is 1.17 bits per heavy atom. The number of primary sulfonamides is 1. The van der Waals surface area contributed by atoms with Crippen molar-refractivity contribution in [3.63, 3.8) is 0 Å². The molecule has 0 aliphatic rings. The number of sulfonamides is 1. The molecule has 0 heterocycles. The minimum Gasteiger partial charge on any atom is -0.490 e. The molecule has 8 heteroatoms. The SMILES string of the molecule is Cc1ccccc1OCCOC(=O)c1cc(S(N)(=O)=O)ccc1Cl. The Bertz CT molecular complexity index is 851. The van der Waals surface area contributed by atoms with E-state index < -0.39 is 16.0 Å². The molecule has 24 heavy (non-hydrogen) atoms. The smallest absolute Gasteiger partial charge is 0.339 e. The van der Waals surface area contributed by atoms with E-state index in [9.17, 15) is 13.2 Å². The predicted octanol–water partition coefficient (Wildman–Crippen LogP) is 2.53. The van der Waals surface area contributed by atoms with E-state index >= 15 is 0 Å². The molecule has 2 aromatic rings. The first-order valence-corrected chi connectivity index (χ1v) is 8.89. The second-order valence-electron chi connectivity index (χ2n) is 4.94. The molecule has 0 atom stereocenters. The second kappa shape index (κ2) is 7.65. The fraction of sp³-hybridized carbons (Fsp3) is 0.188. The summed E-state index contributed by atoms with van der Waals surface area (Å²) in [4.78, 5) is 11.8. The van der Waals surface area contributed by atoms with E-state index in [2.05, 4.69) is 0 Å². The van der Waals surface area contributed by atoms with Gasteiger partial charge in [0.15, 0.2) is 0 Å². The highest BCUT2D eigenvalue weighted by molar-refractivity contribution is 7.89. The number of hydrogen-bond acceptors (Lipinski definition) is 5. The van der Waals surface area contributed by atoms with Gasteiger partial charge in [0.25, 0.3) is 0 Å². The maximum absolute atomic E-state index is 12.0. The first-order chi connectivity index (χ1) is 11.3. The highest BCUT2D eigenvalue weighted by Gasteiger charge is 2.17. The van der Waals surface area contributed by atoms with Crippen LogP contribution < -0.4 is 9.88 Å². The van der Waals surface area contributed by atoms with Crippen LogP contribution in [0.25, 0.3) is 0 Å². The van der Waals surface area contributed by atoms with Crippen molar-refractivity contribution in [1.82, 2.24) is 0 Å². The summed E-state index contributed by atoms with van der Waals surface area (Å²) in [5.74, 6) is -0.0540. The van der Waals surface area contributed by atoms with Crippen LogP contribution in [-0.2, 0) is 14.8 Å². The van der Waals surface area contributed by atoms with Gasteiger partial charge in [-0.15, -0.1) is 0 Å². The number of ether oxygens (including phenoxy) is 2. The maximum Gasteiger partial charge on any atom is 0.339 e. The zero-order valence-corrected chi connectivity index (χ0v) is 14.4. The Morgan fingerprint density at radius 3 is 2.54 bits per heavy atom. The van der Waals surface area contributed by atoms with E-state index in [1.165, 1.54) is 12.1 Å². The van der Waals surface area contributed by atoms with Gasteiger partial charge in [0.2, 0.25) is 10.0 Å². The molecule has 0 fully saturated rings. The summed E-state index contributed by atoms with van der Waals surface area (Å²) >= 11 is 5.90. The van der Waals surface area contributed by atoms with Gasteiger partial charge in [-0.2, -0.15) is 0 Å². The van der Waals surface area contributed by atoms with E-state index in [0.29, 0.717) is 5.75 Å². The molecule has 0 saturated heterocycles. The third kappa shape index (κ3) is 4.70. The Balaban J connectivity index is 1.97. The van der Waals surface area contributed by atoms with Crippen LogP contribution in [0.2, 0.25) is 5.02 Å². The Morgan fingerprint density at radius 2 is 1.88 bits per heavy atom. The number of aryl methyl sites for hydroxylation is 1. The molecule has 0 spiro atoms. The van der Waals surface area contributed by atoms with Gasteiger partial charge in [0, 0.05) is 0 Å². The largest absolute Gasteiger partial charge is 0.490 e. The van der Waals surface area contributed by atoms with Crippen molar-refractivity contribution in [1.29, 1.82) is 0 Å². The third-order valence-electron chi connectivity index (χ3n) is 3.15. The zero-order valence-electron chi connectivity index (χ0n) is 12.9. The minimum absolute atomic E-state index is 0.0108. The molecule has 128 valence electrons. The molecule has 0 aliphatic carbocycles. The number of nitrogens with two attached hydrogens (primary N) is 1. The number of esters is 1. The normalized spacial score (nSPS) is 11.1. The molecular weight excluding hydrogens is 354 g/mol. The molecule has 2 N–H and O–H groups in total. The molecule has 0 aliphatic heterocycles. The monoisotopic (exact) mass is 369 g/mol. The lowest BCUT2D eigenvalue weighted by Gasteiger charge is -2.10. The Labute approximate surface area is 145 Å². The second-order valence-corrected chi connectivity index (χ2v) is 6.91. The van der Waals surface area contributed by atoms with Crippen LogP contribution in [0.5, 0.6) is 5.75 Å². The van der Waals surface area contributed by atoms with Crippen molar-refractivity contribution in [2.75, 3.05) is 13.2 Å². The molecule has 0 amide bonds. The van der Waals surface area contributed by atoms with Crippen molar-refractivity contribution in [2.24, 2.45) is 5.14 Å². The fourth-order valence-corrected chi connectivity index (χ4v) is 2.65. The summed E-state index contributed by atoms with van der Waals surface area (Å²) in [6.45, 7) is 2.05. The number of para-hydroxylation sites is 1. The van der Waals surface area contributed by atoms with Gasteiger partial charge < -0.3 is 9.47 Å². The molecule has 2 rings (SSSR count). The summed E-state index contributed by atoms with van der Waals surface area (Å²) < 4.78 is 33.2. The van der Waals surface area contributed by atoms with Crippen LogP contribution in [0.1, 0.15) is 15.9 Å². The van der Waals surface area contributed by atoms with Crippen molar-refractivity contribution < 1.29 is 22.7 Å². The number of carbonyl (C=O) groups is 1. The molecule has 0 bridgehead atoms. The van der Waals surface area contributed by atoms with E-state index in [0.717, 1.165) is 11.6 Å². The standard InChI is InChI=1S/C16H16ClNO5S/c1-11-4-2-3-5-15(11)22-8-9-23-16(19)13-10-12(24(18,20)21)6-7-14(13)17/h2-7,10H,8-9H2,1H3,(H2,18,20,21). The molecule has 6 nitrogen and oxygen atoms in total. The van der Waals surface area contributed by atoms with Gasteiger partial charge in [-0.1, -0.05) is 29.8 Å². The summed E-state index contributed by atoms with van der Waals surface area (Å²) in [6.07, 6.45) is 0. The lowest BCUT2D eigenvalue weighted by atomic mass is 10.2. The first-order valence-electron chi connectivity index (χ1n) is 6.97. The third-order valence-corrected chi connectivity index (χ3v) is 4.39. The number of halogens is 1. The molecule has 0 radical (unpaired) electrons. The highest BCUT2D eigenvalue weighted by atomic mass is 35.5. The van der Waals surface area contributed by atoms with Gasteiger partial charge in [-0.25, -0.2) is 18.4 Å². The van der Waals surface area contributed by atoms with Gasteiger partial charge in [0.05, 0.1) is 15.5 Å². The van der Waals surface area contributed by atoms with Crippen LogP contribution >= 0.6 is 11.6 Å². The van der Waals surface area contributed by atoms with Gasteiger partial charge >= 0.3 is 5.97 Å². The fourth-order valence-electron chi connectivity index (χ4n) is 1.92. The van der Waals surface area contributed by atoms with Crippen molar-refractivity contribution in [3.8, 4) is 5.75 Å². The number of rotatable bonds is 6.